The number of thiophene rings is 1. The zero-order valence-corrected chi connectivity index (χ0v) is 32.2. The predicted octanol–water partition coefficient (Wildman–Crippen LogP) is 13.4. The summed E-state index contributed by atoms with van der Waals surface area (Å²) < 4.78 is 2.67. The smallest absolute Gasteiger partial charge is 0.0708 e. The maximum Gasteiger partial charge on any atom is 0.0708 e. The fourth-order valence-corrected chi connectivity index (χ4v) is 8.80. The fraction of sp³-hybridized carbons (Fsp3) is 0.196. The van der Waals surface area contributed by atoms with Crippen molar-refractivity contribution in [2.24, 2.45) is 0 Å². The highest BCUT2D eigenvalue weighted by molar-refractivity contribution is 7.25. The molecule has 0 spiro atoms. The van der Waals surface area contributed by atoms with Crippen molar-refractivity contribution < 1.29 is 0 Å². The summed E-state index contributed by atoms with van der Waals surface area (Å²) in [5, 5.41) is 2.67. The zero-order valence-electron chi connectivity index (χ0n) is 31.4. The molecule has 0 saturated carbocycles. The van der Waals surface area contributed by atoms with Gasteiger partial charge >= 0.3 is 0 Å². The molecule has 8 aromatic rings. The van der Waals surface area contributed by atoms with Gasteiger partial charge in [-0.15, -0.1) is 11.3 Å². The molecule has 0 saturated heterocycles. The minimum absolute atomic E-state index is 0.930. The summed E-state index contributed by atoms with van der Waals surface area (Å²) in [4.78, 5) is 5.03. The standard InChI is InChI=1S/C51H47NS/c1-34-14-16-38(26-36(34)3)18-20-40-28-41(21-19-39-17-15-35(2)37(4)27-39)30-42(29-40)22-23-45-33-52-49(43-10-6-5-7-11-43)32-48(45)44-24-25-47-46-12-8-9-13-50(46)53-51(47)31-44/h5-17,24-33H,18-23H2,1-4H3. The normalized spacial score (nSPS) is 11.5. The molecule has 1 nitrogen and oxygen atoms in total. The summed E-state index contributed by atoms with van der Waals surface area (Å²) in [6, 6.07) is 49.9. The first-order chi connectivity index (χ1) is 25.9. The van der Waals surface area contributed by atoms with Gasteiger partial charge < -0.3 is 0 Å². The number of hydrogen-bond donors (Lipinski definition) is 0. The van der Waals surface area contributed by atoms with Crippen LogP contribution in [0.2, 0.25) is 0 Å². The van der Waals surface area contributed by atoms with E-state index < -0.39 is 0 Å². The second-order valence-corrected chi connectivity index (χ2v) is 16.0. The summed E-state index contributed by atoms with van der Waals surface area (Å²) in [5.41, 5.74) is 18.6. The van der Waals surface area contributed by atoms with Gasteiger partial charge in [0.25, 0.3) is 0 Å². The Morgan fingerprint density at radius 2 is 0.981 bits per heavy atom. The number of nitrogens with zero attached hydrogens (tertiary/aromatic N) is 1. The summed E-state index contributed by atoms with van der Waals surface area (Å²) in [6.45, 7) is 8.84. The second-order valence-electron chi connectivity index (χ2n) is 14.9. The number of pyridine rings is 1. The van der Waals surface area contributed by atoms with Crippen molar-refractivity contribution in [2.45, 2.75) is 66.2 Å². The van der Waals surface area contributed by atoms with Crippen molar-refractivity contribution in [3.63, 3.8) is 0 Å². The lowest BCUT2D eigenvalue weighted by molar-refractivity contribution is 0.900. The van der Waals surface area contributed by atoms with Crippen LogP contribution in [0, 0.1) is 27.7 Å². The van der Waals surface area contributed by atoms with E-state index in [1.807, 2.05) is 11.3 Å². The van der Waals surface area contributed by atoms with Gasteiger partial charge in [-0.05, 0) is 151 Å². The molecular formula is C51H47NS. The molecule has 0 aliphatic rings. The molecule has 0 bridgehead atoms. The minimum atomic E-state index is 0.930. The monoisotopic (exact) mass is 705 g/mol. The molecule has 0 fully saturated rings. The first-order valence-electron chi connectivity index (χ1n) is 19.1. The largest absolute Gasteiger partial charge is 0.256 e. The minimum Gasteiger partial charge on any atom is -0.256 e. The molecule has 8 rings (SSSR count). The zero-order chi connectivity index (χ0) is 36.3. The van der Waals surface area contributed by atoms with Gasteiger partial charge in [0.2, 0.25) is 0 Å². The van der Waals surface area contributed by atoms with Gasteiger partial charge in [-0.25, -0.2) is 0 Å². The van der Waals surface area contributed by atoms with Crippen molar-refractivity contribution in [3.05, 3.63) is 195 Å². The maximum atomic E-state index is 5.03. The molecule has 6 aromatic carbocycles. The predicted molar refractivity (Wildman–Crippen MR) is 228 cm³/mol. The van der Waals surface area contributed by atoms with Gasteiger partial charge in [0.1, 0.15) is 0 Å². The Kier molecular flexibility index (Phi) is 10.1. The average Bonchev–Trinajstić information content (AvgIpc) is 3.56. The molecule has 0 N–H and O–H groups in total. The maximum absolute atomic E-state index is 5.03. The average molecular weight is 706 g/mol. The van der Waals surface area contributed by atoms with E-state index in [0.29, 0.717) is 0 Å². The van der Waals surface area contributed by atoms with Crippen LogP contribution in [0.25, 0.3) is 42.6 Å². The van der Waals surface area contributed by atoms with Crippen LogP contribution < -0.4 is 0 Å². The highest BCUT2D eigenvalue weighted by atomic mass is 32.1. The van der Waals surface area contributed by atoms with E-state index in [2.05, 4.69) is 167 Å². The van der Waals surface area contributed by atoms with Gasteiger partial charge in [0.05, 0.1) is 5.69 Å². The summed E-state index contributed by atoms with van der Waals surface area (Å²) in [7, 11) is 0. The van der Waals surface area contributed by atoms with Gasteiger partial charge in [-0.1, -0.05) is 115 Å². The molecule has 0 aliphatic carbocycles. The van der Waals surface area contributed by atoms with Gasteiger partial charge in [0, 0.05) is 31.9 Å². The molecule has 2 heteroatoms. The van der Waals surface area contributed by atoms with E-state index in [-0.39, 0.29) is 0 Å². The Morgan fingerprint density at radius 3 is 1.62 bits per heavy atom. The van der Waals surface area contributed by atoms with E-state index in [9.17, 15) is 0 Å². The van der Waals surface area contributed by atoms with Crippen LogP contribution in [0.5, 0.6) is 0 Å². The Hall–Kier alpha value is -5.31. The van der Waals surface area contributed by atoms with Crippen molar-refractivity contribution in [1.82, 2.24) is 4.98 Å². The number of hydrogen-bond acceptors (Lipinski definition) is 2. The lowest BCUT2D eigenvalue weighted by Crippen LogP contribution is -2.01. The summed E-state index contributed by atoms with van der Waals surface area (Å²) >= 11 is 1.88. The third kappa shape index (κ3) is 7.89. The Labute approximate surface area is 319 Å². The van der Waals surface area contributed by atoms with Crippen molar-refractivity contribution in [3.8, 4) is 22.4 Å². The Bertz CT molecular complexity index is 2480. The molecule has 53 heavy (non-hydrogen) atoms. The molecule has 2 aromatic heterocycles. The number of aromatic nitrogens is 1. The molecule has 2 heterocycles. The molecule has 262 valence electrons. The topological polar surface area (TPSA) is 12.9 Å². The van der Waals surface area contributed by atoms with Crippen LogP contribution in [0.15, 0.2) is 140 Å². The van der Waals surface area contributed by atoms with Crippen molar-refractivity contribution in [1.29, 1.82) is 0 Å². The van der Waals surface area contributed by atoms with Crippen LogP contribution in [0.1, 0.15) is 55.6 Å². The lowest BCUT2D eigenvalue weighted by Gasteiger charge is -2.14. The van der Waals surface area contributed by atoms with Crippen molar-refractivity contribution >= 4 is 31.5 Å². The summed E-state index contributed by atoms with van der Waals surface area (Å²) in [5.74, 6) is 0. The molecule has 0 aliphatic heterocycles. The first-order valence-corrected chi connectivity index (χ1v) is 19.9. The van der Waals surface area contributed by atoms with Gasteiger partial charge in [-0.3, -0.25) is 4.98 Å². The van der Waals surface area contributed by atoms with Crippen LogP contribution in [-0.2, 0) is 38.5 Å². The molecule has 0 unspecified atom stereocenters. The van der Waals surface area contributed by atoms with E-state index in [1.54, 1.807) is 0 Å². The van der Waals surface area contributed by atoms with Crippen LogP contribution in [-0.4, -0.2) is 4.98 Å². The third-order valence-corrected chi connectivity index (χ3v) is 12.2. The van der Waals surface area contributed by atoms with Crippen molar-refractivity contribution in [2.75, 3.05) is 0 Å². The molecule has 0 atom stereocenters. The van der Waals surface area contributed by atoms with Crippen LogP contribution in [0.4, 0.5) is 0 Å². The highest BCUT2D eigenvalue weighted by Gasteiger charge is 2.14. The quantitative estimate of drug-likeness (QED) is 0.131. The Morgan fingerprint density at radius 1 is 0.415 bits per heavy atom. The molecule has 0 amide bonds. The van der Waals surface area contributed by atoms with E-state index in [4.69, 9.17) is 4.98 Å². The van der Waals surface area contributed by atoms with Gasteiger partial charge in [-0.2, -0.15) is 0 Å². The van der Waals surface area contributed by atoms with E-state index in [1.165, 1.54) is 86.9 Å². The number of fused-ring (bicyclic) bond motifs is 3. The SMILES string of the molecule is Cc1ccc(CCc2cc(CCc3ccc(C)c(C)c3)cc(CCc3cnc(-c4ccccc4)cc3-c3ccc4c(c3)sc3ccccc34)c2)cc1C. The Balaban J connectivity index is 1.11. The number of benzene rings is 6. The summed E-state index contributed by atoms with van der Waals surface area (Å²) in [6.07, 6.45) is 8.23. The second kappa shape index (κ2) is 15.3. The fourth-order valence-electron chi connectivity index (χ4n) is 7.66. The van der Waals surface area contributed by atoms with E-state index >= 15 is 0 Å². The van der Waals surface area contributed by atoms with E-state index in [0.717, 1.165) is 49.8 Å². The number of rotatable bonds is 11. The van der Waals surface area contributed by atoms with Crippen LogP contribution in [0.3, 0.4) is 0 Å². The van der Waals surface area contributed by atoms with Gasteiger partial charge in [0.15, 0.2) is 0 Å². The first kappa shape index (κ1) is 34.8. The lowest BCUT2D eigenvalue weighted by atomic mass is 9.92. The molecular weight excluding hydrogens is 659 g/mol. The van der Waals surface area contributed by atoms with Crippen LogP contribution >= 0.6 is 11.3 Å². The number of aryl methyl sites for hydroxylation is 10. The molecule has 0 radical (unpaired) electrons. The highest BCUT2D eigenvalue weighted by Crippen LogP contribution is 2.38. The third-order valence-electron chi connectivity index (χ3n) is 11.1.